The van der Waals surface area contributed by atoms with Crippen LogP contribution in [-0.4, -0.2) is 82.7 Å². The fourth-order valence-electron chi connectivity index (χ4n) is 4.63. The number of piperazine rings is 1. The first-order valence-corrected chi connectivity index (χ1v) is 12.4. The fraction of sp³-hybridized carbons (Fsp3) is 0.308. The summed E-state index contributed by atoms with van der Waals surface area (Å²) >= 11 is 0. The Morgan fingerprint density at radius 3 is 2.60 bits per heavy atom. The van der Waals surface area contributed by atoms with Gasteiger partial charge < -0.3 is 20.2 Å². The number of rotatable bonds is 6. The van der Waals surface area contributed by atoms with Crippen LogP contribution in [0.3, 0.4) is 0 Å². The van der Waals surface area contributed by atoms with Crippen molar-refractivity contribution >= 4 is 17.6 Å². The number of imidazole rings is 1. The molecule has 2 amide bonds. The standard InChI is InChI=1S/C26H26F2N8O4/c1-15(24(37)33-20-11-30-21(12-29-20)40-19-5-4-16(27)10-18(19)28)34-8-9-35(26(2,3)13-34)25(38)17-6-7-36(39)23-22(17)31-14-32-23/h4-7,10-12,14-15,39H,8-9,13H2,1-3H3,(H,29,33,37)/t15-/m0/s1. The molecule has 1 aromatic carbocycles. The second-order valence-corrected chi connectivity index (χ2v) is 9.94. The molecule has 1 atom stereocenters. The van der Waals surface area contributed by atoms with Crippen LogP contribution in [0.15, 0.2) is 49.2 Å². The van der Waals surface area contributed by atoms with Crippen LogP contribution >= 0.6 is 0 Å². The van der Waals surface area contributed by atoms with E-state index in [1.54, 1.807) is 11.8 Å². The first kappa shape index (κ1) is 26.9. The molecule has 0 aliphatic carbocycles. The van der Waals surface area contributed by atoms with Crippen molar-refractivity contribution in [3.05, 3.63) is 66.4 Å². The number of benzene rings is 1. The van der Waals surface area contributed by atoms with Crippen LogP contribution in [0, 0.1) is 11.6 Å². The lowest BCUT2D eigenvalue weighted by Gasteiger charge is -2.48. The third-order valence-corrected chi connectivity index (χ3v) is 6.76. The van der Waals surface area contributed by atoms with Crippen molar-refractivity contribution in [2.75, 3.05) is 25.0 Å². The van der Waals surface area contributed by atoms with Crippen molar-refractivity contribution in [3.63, 3.8) is 0 Å². The van der Waals surface area contributed by atoms with Crippen molar-refractivity contribution in [1.82, 2.24) is 34.5 Å². The molecule has 0 unspecified atom stereocenters. The molecule has 2 aromatic rings. The molecule has 3 aliphatic rings. The second kappa shape index (κ2) is 10.4. The summed E-state index contributed by atoms with van der Waals surface area (Å²) in [7, 11) is 0. The Labute approximate surface area is 227 Å². The summed E-state index contributed by atoms with van der Waals surface area (Å²) in [6.07, 6.45) is 5.12. The van der Waals surface area contributed by atoms with Crippen LogP contribution in [0.4, 0.5) is 14.6 Å². The molecule has 208 valence electrons. The van der Waals surface area contributed by atoms with Crippen molar-refractivity contribution in [2.24, 2.45) is 0 Å². The van der Waals surface area contributed by atoms with Crippen LogP contribution < -0.4 is 10.1 Å². The van der Waals surface area contributed by atoms with Gasteiger partial charge in [-0.2, -0.15) is 4.73 Å². The van der Waals surface area contributed by atoms with E-state index in [9.17, 15) is 23.6 Å². The van der Waals surface area contributed by atoms with Crippen LogP contribution in [0.25, 0.3) is 11.5 Å². The molecule has 3 aliphatic heterocycles. The number of fused-ring (bicyclic) bond motifs is 1. The zero-order valence-electron chi connectivity index (χ0n) is 21.9. The number of anilines is 1. The number of nitrogens with zero attached hydrogens (tertiary/aromatic N) is 7. The maximum atomic E-state index is 13.8. The van der Waals surface area contributed by atoms with E-state index in [0.29, 0.717) is 37.0 Å². The number of carbonyl (C=O) groups excluding carboxylic acids is 2. The summed E-state index contributed by atoms with van der Waals surface area (Å²) in [6, 6.07) is 3.84. The van der Waals surface area contributed by atoms with Crippen molar-refractivity contribution in [3.8, 4) is 23.1 Å². The molecule has 4 heterocycles. The van der Waals surface area contributed by atoms with Gasteiger partial charge in [-0.15, -0.1) is 0 Å². The lowest BCUT2D eigenvalue weighted by atomic mass is 9.95. The normalized spacial score (nSPS) is 16.1. The zero-order chi connectivity index (χ0) is 28.6. The van der Waals surface area contributed by atoms with Gasteiger partial charge in [0.2, 0.25) is 11.8 Å². The Bertz CT molecular complexity index is 1530. The van der Waals surface area contributed by atoms with Crippen molar-refractivity contribution in [2.45, 2.75) is 32.4 Å². The molecule has 1 saturated heterocycles. The monoisotopic (exact) mass is 552 g/mol. The van der Waals surface area contributed by atoms with Gasteiger partial charge in [-0.3, -0.25) is 14.5 Å². The van der Waals surface area contributed by atoms with Gasteiger partial charge in [0.1, 0.15) is 17.8 Å². The highest BCUT2D eigenvalue weighted by atomic mass is 19.1. The first-order chi connectivity index (χ1) is 19.0. The number of ether oxygens (including phenoxy) is 1. The molecule has 0 bridgehead atoms. The summed E-state index contributed by atoms with van der Waals surface area (Å²) in [4.78, 5) is 46.4. The Hall–Kier alpha value is -4.72. The third kappa shape index (κ3) is 5.25. The number of aromatic nitrogens is 5. The Morgan fingerprint density at radius 1 is 1.10 bits per heavy atom. The number of amides is 2. The molecule has 14 heteroatoms. The van der Waals surface area contributed by atoms with Gasteiger partial charge in [0.15, 0.2) is 23.2 Å². The maximum Gasteiger partial charge on any atom is 0.256 e. The molecule has 1 aromatic heterocycles. The average Bonchev–Trinajstić information content (AvgIpc) is 3.41. The predicted octanol–water partition coefficient (Wildman–Crippen LogP) is 3.04. The minimum atomic E-state index is -0.882. The number of halogens is 2. The van der Waals surface area contributed by atoms with Gasteiger partial charge in [-0.1, -0.05) is 0 Å². The number of hydrogen-bond acceptors (Lipinski definition) is 9. The lowest BCUT2D eigenvalue weighted by molar-refractivity contribution is -0.122. The van der Waals surface area contributed by atoms with Crippen LogP contribution in [-0.2, 0) is 4.79 Å². The smallest absolute Gasteiger partial charge is 0.256 e. The topological polar surface area (TPSA) is 139 Å². The lowest BCUT2D eigenvalue weighted by Crippen LogP contribution is -2.63. The van der Waals surface area contributed by atoms with Gasteiger partial charge in [-0.25, -0.2) is 28.7 Å². The van der Waals surface area contributed by atoms with Gasteiger partial charge in [0, 0.05) is 31.9 Å². The second-order valence-electron chi connectivity index (χ2n) is 9.94. The Kier molecular flexibility index (Phi) is 7.02. The first-order valence-electron chi connectivity index (χ1n) is 12.4. The summed E-state index contributed by atoms with van der Waals surface area (Å²) in [6.45, 7) is 6.80. The van der Waals surface area contributed by atoms with E-state index in [0.717, 1.165) is 16.9 Å². The molecular formula is C26H26F2N8O4. The largest absolute Gasteiger partial charge is 0.434 e. The van der Waals surface area contributed by atoms with E-state index in [1.807, 2.05) is 18.7 Å². The number of pyridine rings is 1. The van der Waals surface area contributed by atoms with Crippen LogP contribution in [0.2, 0.25) is 0 Å². The third-order valence-electron chi connectivity index (χ3n) is 6.76. The van der Waals surface area contributed by atoms with E-state index in [2.05, 4.69) is 25.3 Å². The SMILES string of the molecule is C[C@@H](C(=O)Nc1cnc(Oc2ccc(F)cc2F)cn1)N1CCN(C(=O)c2ccn(O)c3ncnc2-3)C(C)(C)C1. The van der Waals surface area contributed by atoms with E-state index in [1.165, 1.54) is 31.0 Å². The quantitative estimate of drug-likeness (QED) is 0.346. The maximum absolute atomic E-state index is 13.8. The molecule has 40 heavy (non-hydrogen) atoms. The minimum Gasteiger partial charge on any atom is -0.434 e. The molecule has 5 rings (SSSR count). The van der Waals surface area contributed by atoms with Gasteiger partial charge in [0.25, 0.3) is 5.91 Å². The molecule has 0 radical (unpaired) electrons. The highest BCUT2D eigenvalue weighted by Crippen LogP contribution is 2.29. The molecule has 12 nitrogen and oxygen atoms in total. The van der Waals surface area contributed by atoms with Gasteiger partial charge in [-0.05, 0) is 39.0 Å². The number of hydrogen-bond donors (Lipinski definition) is 2. The van der Waals surface area contributed by atoms with Crippen LogP contribution in [0.5, 0.6) is 11.6 Å². The molecule has 1 fully saturated rings. The van der Waals surface area contributed by atoms with Crippen LogP contribution in [0.1, 0.15) is 31.1 Å². The molecule has 0 spiro atoms. The summed E-state index contributed by atoms with van der Waals surface area (Å²) < 4.78 is 33.0. The van der Waals surface area contributed by atoms with Gasteiger partial charge >= 0.3 is 0 Å². The fourth-order valence-corrected chi connectivity index (χ4v) is 4.63. The summed E-state index contributed by atoms with van der Waals surface area (Å²) in [5.74, 6) is -2.06. The average molecular weight is 553 g/mol. The van der Waals surface area contributed by atoms with E-state index < -0.39 is 23.2 Å². The Balaban J connectivity index is 1.20. The predicted molar refractivity (Wildman–Crippen MR) is 137 cm³/mol. The van der Waals surface area contributed by atoms with E-state index in [4.69, 9.17) is 4.74 Å². The number of carbonyl (C=O) groups is 2. The minimum absolute atomic E-state index is 0.0312. The zero-order valence-corrected chi connectivity index (χ0v) is 21.9. The highest BCUT2D eigenvalue weighted by molar-refractivity contribution is 6.00. The van der Waals surface area contributed by atoms with Gasteiger partial charge in [0.05, 0.1) is 29.5 Å². The molecule has 2 N–H and O–H groups in total. The Morgan fingerprint density at radius 2 is 1.90 bits per heavy atom. The van der Waals surface area contributed by atoms with E-state index >= 15 is 0 Å². The highest BCUT2D eigenvalue weighted by Gasteiger charge is 2.40. The number of nitrogens with one attached hydrogen (secondary N) is 1. The van der Waals surface area contributed by atoms with Crippen molar-refractivity contribution in [1.29, 1.82) is 0 Å². The summed E-state index contributed by atoms with van der Waals surface area (Å²) in [5.41, 5.74) is 0.00921. The molecule has 0 saturated carbocycles. The van der Waals surface area contributed by atoms with Crippen molar-refractivity contribution < 1.29 is 28.3 Å². The summed E-state index contributed by atoms with van der Waals surface area (Å²) in [5, 5.41) is 12.6. The van der Waals surface area contributed by atoms with E-state index in [-0.39, 0.29) is 35.1 Å². The molecular weight excluding hydrogens is 526 g/mol.